The highest BCUT2D eigenvalue weighted by Gasteiger charge is 2.19. The number of aromatic nitrogens is 4. The number of rotatable bonds is 4. The maximum Gasteiger partial charge on any atom is 0.152 e. The van der Waals surface area contributed by atoms with Gasteiger partial charge in [0.1, 0.15) is 11.9 Å². The van der Waals surface area contributed by atoms with Crippen molar-refractivity contribution >= 4 is 0 Å². The van der Waals surface area contributed by atoms with Gasteiger partial charge in [-0.15, -0.1) is 0 Å². The first-order chi connectivity index (χ1) is 7.83. The Morgan fingerprint density at radius 3 is 2.56 bits per heavy atom. The van der Waals surface area contributed by atoms with Crippen LogP contribution in [0.15, 0.2) is 30.9 Å². The van der Waals surface area contributed by atoms with Crippen LogP contribution >= 0.6 is 0 Å². The molecule has 2 rings (SSSR count). The van der Waals surface area contributed by atoms with E-state index in [2.05, 4.69) is 27.2 Å². The first-order valence-corrected chi connectivity index (χ1v) is 5.30. The molecule has 2 aromatic rings. The van der Waals surface area contributed by atoms with Crippen LogP contribution in [0.1, 0.15) is 24.6 Å². The molecule has 1 atom stereocenters. The maximum atomic E-state index is 4.33. The second kappa shape index (κ2) is 4.85. The lowest BCUT2D eigenvalue weighted by Crippen LogP contribution is -2.26. The molecule has 1 N–H and O–H groups in total. The van der Waals surface area contributed by atoms with Crippen molar-refractivity contribution in [1.29, 1.82) is 0 Å². The molecule has 1 unspecified atom stereocenters. The highest BCUT2D eigenvalue weighted by molar-refractivity contribution is 5.11. The van der Waals surface area contributed by atoms with Gasteiger partial charge in [-0.05, 0) is 12.6 Å². The molecule has 0 amide bonds. The third kappa shape index (κ3) is 2.09. The van der Waals surface area contributed by atoms with Crippen molar-refractivity contribution in [3.63, 3.8) is 0 Å². The molecule has 0 bridgehead atoms. The van der Waals surface area contributed by atoms with Gasteiger partial charge in [-0.1, -0.05) is 6.92 Å². The van der Waals surface area contributed by atoms with Crippen molar-refractivity contribution in [3.8, 4) is 0 Å². The third-order valence-corrected chi connectivity index (χ3v) is 2.37. The minimum absolute atomic E-state index is 0.0498. The summed E-state index contributed by atoms with van der Waals surface area (Å²) < 4.78 is 1.98. The van der Waals surface area contributed by atoms with Crippen LogP contribution in [0.5, 0.6) is 0 Å². The SMILES string of the molecule is CCNC(c1ncccn1)c1nccn1C. The Balaban J connectivity index is 2.35. The van der Waals surface area contributed by atoms with Crippen LogP contribution in [0.4, 0.5) is 0 Å². The molecule has 0 aromatic carbocycles. The molecular weight excluding hydrogens is 202 g/mol. The summed E-state index contributed by atoms with van der Waals surface area (Å²) in [5, 5.41) is 3.33. The van der Waals surface area contributed by atoms with Crippen molar-refractivity contribution in [2.45, 2.75) is 13.0 Å². The molecule has 2 heterocycles. The molecule has 0 aliphatic rings. The van der Waals surface area contributed by atoms with Crippen molar-refractivity contribution in [1.82, 2.24) is 24.8 Å². The van der Waals surface area contributed by atoms with Crippen LogP contribution in [-0.2, 0) is 7.05 Å². The Hall–Kier alpha value is -1.75. The monoisotopic (exact) mass is 217 g/mol. The van der Waals surface area contributed by atoms with Gasteiger partial charge in [0, 0.05) is 31.8 Å². The number of hydrogen-bond donors (Lipinski definition) is 1. The highest BCUT2D eigenvalue weighted by atomic mass is 15.1. The number of hydrogen-bond acceptors (Lipinski definition) is 4. The van der Waals surface area contributed by atoms with E-state index in [0.717, 1.165) is 18.2 Å². The summed E-state index contributed by atoms with van der Waals surface area (Å²) in [5.74, 6) is 1.67. The molecular formula is C11H15N5. The third-order valence-electron chi connectivity index (χ3n) is 2.37. The van der Waals surface area contributed by atoms with E-state index in [4.69, 9.17) is 0 Å². The Kier molecular flexibility index (Phi) is 3.26. The molecule has 0 aliphatic heterocycles. The van der Waals surface area contributed by atoms with Crippen molar-refractivity contribution in [2.75, 3.05) is 6.54 Å². The predicted octanol–water partition coefficient (Wildman–Crippen LogP) is 0.909. The smallest absolute Gasteiger partial charge is 0.152 e. The van der Waals surface area contributed by atoms with E-state index in [-0.39, 0.29) is 6.04 Å². The fourth-order valence-electron chi connectivity index (χ4n) is 1.62. The molecule has 0 radical (unpaired) electrons. The first kappa shape index (κ1) is 10.8. The van der Waals surface area contributed by atoms with Crippen molar-refractivity contribution in [2.24, 2.45) is 7.05 Å². The van der Waals surface area contributed by atoms with Crippen LogP contribution in [0, 0.1) is 0 Å². The first-order valence-electron chi connectivity index (χ1n) is 5.30. The molecule has 5 heteroatoms. The summed E-state index contributed by atoms with van der Waals surface area (Å²) in [6.07, 6.45) is 7.19. The average molecular weight is 217 g/mol. The zero-order chi connectivity index (χ0) is 11.4. The summed E-state index contributed by atoms with van der Waals surface area (Å²) in [4.78, 5) is 12.9. The molecule has 0 spiro atoms. The van der Waals surface area contributed by atoms with E-state index >= 15 is 0 Å². The van der Waals surface area contributed by atoms with Gasteiger partial charge in [-0.25, -0.2) is 15.0 Å². The lowest BCUT2D eigenvalue weighted by atomic mass is 10.2. The minimum atomic E-state index is -0.0498. The summed E-state index contributed by atoms with van der Waals surface area (Å²) in [5.41, 5.74) is 0. The van der Waals surface area contributed by atoms with Crippen LogP contribution in [0.2, 0.25) is 0 Å². The highest BCUT2D eigenvalue weighted by Crippen LogP contribution is 2.15. The van der Waals surface area contributed by atoms with Crippen LogP contribution in [-0.4, -0.2) is 26.1 Å². The maximum absolute atomic E-state index is 4.33. The summed E-state index contributed by atoms with van der Waals surface area (Å²) >= 11 is 0. The van der Waals surface area contributed by atoms with Gasteiger partial charge in [-0.2, -0.15) is 0 Å². The quantitative estimate of drug-likeness (QED) is 0.827. The van der Waals surface area contributed by atoms with Gasteiger partial charge in [0.15, 0.2) is 5.82 Å². The largest absolute Gasteiger partial charge is 0.336 e. The molecule has 0 saturated heterocycles. The number of nitrogens with zero attached hydrogens (tertiary/aromatic N) is 4. The molecule has 16 heavy (non-hydrogen) atoms. The standard InChI is InChI=1S/C11H15N5/c1-3-12-9(10-13-5-4-6-14-10)11-15-7-8-16(11)2/h4-9,12H,3H2,1-2H3. The lowest BCUT2D eigenvalue weighted by Gasteiger charge is -2.15. The average Bonchev–Trinajstić information content (AvgIpc) is 2.73. The van der Waals surface area contributed by atoms with Gasteiger partial charge in [-0.3, -0.25) is 0 Å². The molecule has 0 saturated carbocycles. The number of nitrogens with one attached hydrogen (secondary N) is 1. The van der Waals surface area contributed by atoms with E-state index in [9.17, 15) is 0 Å². The zero-order valence-electron chi connectivity index (χ0n) is 9.46. The van der Waals surface area contributed by atoms with Gasteiger partial charge < -0.3 is 9.88 Å². The molecule has 2 aromatic heterocycles. The summed E-state index contributed by atoms with van der Waals surface area (Å²) in [6.45, 7) is 2.90. The van der Waals surface area contributed by atoms with Gasteiger partial charge in [0.2, 0.25) is 0 Å². The van der Waals surface area contributed by atoms with E-state index < -0.39 is 0 Å². The Bertz CT molecular complexity index is 437. The molecule has 0 fully saturated rings. The lowest BCUT2D eigenvalue weighted by molar-refractivity contribution is 0.550. The van der Waals surface area contributed by atoms with Crippen LogP contribution in [0.25, 0.3) is 0 Å². The predicted molar refractivity (Wildman–Crippen MR) is 60.8 cm³/mol. The van der Waals surface area contributed by atoms with E-state index in [1.807, 2.05) is 23.9 Å². The second-order valence-corrected chi connectivity index (χ2v) is 3.49. The zero-order valence-corrected chi connectivity index (χ0v) is 9.46. The van der Waals surface area contributed by atoms with Gasteiger partial charge in [0.05, 0.1) is 0 Å². The molecule has 0 aliphatic carbocycles. The Labute approximate surface area is 94.6 Å². The Morgan fingerprint density at radius 2 is 2.00 bits per heavy atom. The van der Waals surface area contributed by atoms with Crippen LogP contribution < -0.4 is 5.32 Å². The molecule has 84 valence electrons. The minimum Gasteiger partial charge on any atom is -0.336 e. The normalized spacial score (nSPS) is 12.6. The Morgan fingerprint density at radius 1 is 1.25 bits per heavy atom. The van der Waals surface area contributed by atoms with Crippen LogP contribution in [0.3, 0.4) is 0 Å². The fraction of sp³-hybridized carbons (Fsp3) is 0.364. The van der Waals surface area contributed by atoms with E-state index in [1.54, 1.807) is 18.6 Å². The van der Waals surface area contributed by atoms with E-state index in [0.29, 0.717) is 0 Å². The number of aryl methyl sites for hydroxylation is 1. The van der Waals surface area contributed by atoms with Gasteiger partial charge >= 0.3 is 0 Å². The van der Waals surface area contributed by atoms with Crippen molar-refractivity contribution in [3.05, 3.63) is 42.5 Å². The number of imidazole rings is 1. The fourth-order valence-corrected chi connectivity index (χ4v) is 1.62. The summed E-state index contributed by atoms with van der Waals surface area (Å²) in [7, 11) is 1.97. The second-order valence-electron chi connectivity index (χ2n) is 3.49. The van der Waals surface area contributed by atoms with E-state index in [1.165, 1.54) is 0 Å². The van der Waals surface area contributed by atoms with Crippen molar-refractivity contribution < 1.29 is 0 Å². The topological polar surface area (TPSA) is 55.6 Å². The summed E-state index contributed by atoms with van der Waals surface area (Å²) in [6, 6.07) is 1.76. The van der Waals surface area contributed by atoms with Gasteiger partial charge in [0.25, 0.3) is 0 Å². The molecule has 5 nitrogen and oxygen atoms in total.